The van der Waals surface area contributed by atoms with E-state index >= 15 is 0 Å². The van der Waals surface area contributed by atoms with Gasteiger partial charge in [-0.05, 0) is 55.7 Å². The van der Waals surface area contributed by atoms with Gasteiger partial charge >= 0.3 is 0 Å². The monoisotopic (exact) mass is 547 g/mol. The molecule has 5 rings (SSSR count). The zero-order valence-corrected chi connectivity index (χ0v) is 22.2. The van der Waals surface area contributed by atoms with Gasteiger partial charge in [0.25, 0.3) is 5.91 Å². The smallest absolute Gasteiger partial charge is 0.264 e. The molecule has 3 aromatic heterocycles. The second kappa shape index (κ2) is 9.91. The van der Waals surface area contributed by atoms with Gasteiger partial charge in [-0.3, -0.25) is 9.52 Å². The number of piperidine rings is 1. The molecule has 37 heavy (non-hydrogen) atoms. The third kappa shape index (κ3) is 5.40. The van der Waals surface area contributed by atoms with Gasteiger partial charge in [0.05, 0.1) is 28.1 Å². The van der Waals surface area contributed by atoms with Gasteiger partial charge in [0.1, 0.15) is 23.6 Å². The molecule has 12 nitrogen and oxygen atoms in total. The molecule has 2 aliphatic heterocycles. The first kappa shape index (κ1) is 25.4. The Hall–Kier alpha value is -3.23. The van der Waals surface area contributed by atoms with Crippen LogP contribution in [0.3, 0.4) is 0 Å². The van der Waals surface area contributed by atoms with Crippen LogP contribution in [0.1, 0.15) is 41.6 Å². The highest BCUT2D eigenvalue weighted by molar-refractivity contribution is 8.00. The summed E-state index contributed by atoms with van der Waals surface area (Å²) in [6.45, 7) is 2.51. The number of hydrogen-bond donors (Lipinski definition) is 2. The minimum Gasteiger partial charge on any atom is -0.471 e. The van der Waals surface area contributed by atoms with Crippen molar-refractivity contribution in [3.63, 3.8) is 0 Å². The fraction of sp³-hybridized carbons (Fsp3) is 0.435. The Labute approximate surface area is 215 Å². The quantitative estimate of drug-likeness (QED) is 0.420. The predicted molar refractivity (Wildman–Crippen MR) is 141 cm³/mol. The third-order valence-electron chi connectivity index (χ3n) is 6.49. The lowest BCUT2D eigenvalue weighted by molar-refractivity contribution is 0.0982. The number of hydrogen-bond acceptors (Lipinski definition) is 9. The maximum absolute atomic E-state index is 13.0. The van der Waals surface area contributed by atoms with Crippen molar-refractivity contribution in [2.24, 2.45) is 0 Å². The van der Waals surface area contributed by atoms with Crippen molar-refractivity contribution in [3.05, 3.63) is 42.0 Å². The highest BCUT2D eigenvalue weighted by Crippen LogP contribution is 2.30. The van der Waals surface area contributed by atoms with Crippen molar-refractivity contribution in [2.45, 2.75) is 38.7 Å². The lowest BCUT2D eigenvalue weighted by Gasteiger charge is -2.31. The van der Waals surface area contributed by atoms with Crippen LogP contribution in [0.4, 0.5) is 11.5 Å². The predicted octanol–water partition coefficient (Wildman–Crippen LogP) is 1.50. The van der Waals surface area contributed by atoms with E-state index in [0.29, 0.717) is 59.2 Å². The number of rotatable bonds is 7. The number of carbonyl (C=O) groups excluding carboxylic acids is 1. The Bertz CT molecular complexity index is 1580. The molecule has 2 N–H and O–H groups in total. The summed E-state index contributed by atoms with van der Waals surface area (Å²) in [5.74, 6) is 0.776. The average molecular weight is 548 g/mol. The van der Waals surface area contributed by atoms with Crippen LogP contribution in [0.15, 0.2) is 30.9 Å². The molecule has 1 fully saturated rings. The molecule has 0 aliphatic carbocycles. The maximum atomic E-state index is 13.0. The van der Waals surface area contributed by atoms with E-state index in [1.807, 2.05) is 0 Å². The summed E-state index contributed by atoms with van der Waals surface area (Å²) in [4.78, 5) is 21.7. The van der Waals surface area contributed by atoms with Crippen LogP contribution in [0, 0.1) is 6.92 Å². The normalized spacial score (nSPS) is 22.5. The van der Waals surface area contributed by atoms with E-state index < -0.39 is 25.6 Å². The molecule has 1 saturated heterocycles. The van der Waals surface area contributed by atoms with Crippen LogP contribution in [0.5, 0.6) is 5.88 Å². The fourth-order valence-corrected chi connectivity index (χ4v) is 7.42. The number of aromatic nitrogens is 4. The topological polar surface area (TPSA) is 148 Å². The first-order valence-electron chi connectivity index (χ1n) is 12.0. The van der Waals surface area contributed by atoms with E-state index in [4.69, 9.17) is 4.74 Å². The van der Waals surface area contributed by atoms with Crippen molar-refractivity contribution in [1.82, 2.24) is 28.6 Å². The maximum Gasteiger partial charge on any atom is 0.264 e. The Kier molecular flexibility index (Phi) is 6.81. The van der Waals surface area contributed by atoms with E-state index in [-0.39, 0.29) is 12.6 Å². The van der Waals surface area contributed by atoms with Crippen molar-refractivity contribution < 1.29 is 22.2 Å². The molecule has 2 atom stereocenters. The average Bonchev–Trinajstić information content (AvgIpc) is 3.43. The first-order chi connectivity index (χ1) is 17.6. The summed E-state index contributed by atoms with van der Waals surface area (Å²) >= 11 is 0. The summed E-state index contributed by atoms with van der Waals surface area (Å²) in [5.41, 5.74) is 2.10. The number of ether oxygens (including phenoxy) is 1. The molecule has 0 aromatic carbocycles. The van der Waals surface area contributed by atoms with E-state index in [0.717, 1.165) is 12.8 Å². The van der Waals surface area contributed by atoms with E-state index in [1.54, 1.807) is 41.3 Å². The summed E-state index contributed by atoms with van der Waals surface area (Å²) in [6, 6.07) is 3.53. The molecule has 0 bridgehead atoms. The van der Waals surface area contributed by atoms with Gasteiger partial charge in [0.2, 0.25) is 15.9 Å². The molecule has 1 amide bonds. The summed E-state index contributed by atoms with van der Waals surface area (Å²) in [5, 5.41) is 9.16. The fourth-order valence-electron chi connectivity index (χ4n) is 4.61. The van der Waals surface area contributed by atoms with Crippen LogP contribution < -0.4 is 14.8 Å². The molecule has 0 radical (unpaired) electrons. The van der Waals surface area contributed by atoms with Crippen LogP contribution in [0.25, 0.3) is 5.52 Å². The summed E-state index contributed by atoms with van der Waals surface area (Å²) in [6.07, 6.45) is 8.31. The Balaban J connectivity index is 1.41. The summed E-state index contributed by atoms with van der Waals surface area (Å²) in [7, 11) is -5.81. The standard InChI is InChI=1S/C23H29N7O5S2/c1-16-18(22(31)28-37(34)11-3-4-12-37)14-30-20(16)21(25-15-26-30)27-19-8-5-9-24-23(19)35-17-7-6-10-29(13-17)36(2,32)33/h5,8-9,11,14-15,17H,3-4,6-7,10,12-13H2,1-2H3,(H,25,26,27)(H,28,31,34). The van der Waals surface area contributed by atoms with E-state index in [9.17, 15) is 17.4 Å². The number of fused-ring (bicyclic) bond motifs is 1. The van der Waals surface area contributed by atoms with Gasteiger partial charge in [-0.2, -0.15) is 9.40 Å². The largest absolute Gasteiger partial charge is 0.471 e. The molecule has 5 heterocycles. The highest BCUT2D eigenvalue weighted by Gasteiger charge is 2.28. The second-order valence-corrected chi connectivity index (χ2v) is 13.6. The Morgan fingerprint density at radius 1 is 1.27 bits per heavy atom. The van der Waals surface area contributed by atoms with Gasteiger partial charge in [0, 0.05) is 24.7 Å². The lowest BCUT2D eigenvalue weighted by atomic mass is 10.1. The van der Waals surface area contributed by atoms with Gasteiger partial charge in [-0.1, -0.05) is 0 Å². The number of amides is 1. The number of anilines is 2. The number of sulfonamides is 1. The lowest BCUT2D eigenvalue weighted by Crippen LogP contribution is -2.43. The van der Waals surface area contributed by atoms with Crippen molar-refractivity contribution in [2.75, 3.05) is 30.4 Å². The second-order valence-electron chi connectivity index (χ2n) is 9.22. The zero-order valence-electron chi connectivity index (χ0n) is 20.6. The molecule has 2 aliphatic rings. The van der Waals surface area contributed by atoms with Gasteiger partial charge in [-0.15, -0.1) is 0 Å². The van der Waals surface area contributed by atoms with Crippen LogP contribution in [-0.2, 0) is 19.7 Å². The first-order valence-corrected chi connectivity index (χ1v) is 15.6. The molecule has 14 heteroatoms. The van der Waals surface area contributed by atoms with Crippen LogP contribution in [0.2, 0.25) is 0 Å². The summed E-state index contributed by atoms with van der Waals surface area (Å²) < 4.78 is 48.5. The Morgan fingerprint density at radius 2 is 2.11 bits per heavy atom. The van der Waals surface area contributed by atoms with Gasteiger partial charge < -0.3 is 10.1 Å². The molecular weight excluding hydrogens is 518 g/mol. The van der Waals surface area contributed by atoms with Crippen molar-refractivity contribution in [1.29, 1.82) is 0 Å². The Morgan fingerprint density at radius 3 is 2.86 bits per heavy atom. The van der Waals surface area contributed by atoms with Gasteiger partial charge in [0.15, 0.2) is 5.82 Å². The molecular formula is C23H29N7O5S2. The SMILES string of the molecule is Cc1c(C(=O)NS2(=O)=CCCC2)cn2ncnc(Nc3cccnc3OC3CCCN(S(C)(=O)=O)C3)c12. The molecule has 3 aromatic rings. The van der Waals surface area contributed by atoms with Crippen molar-refractivity contribution >= 4 is 48.0 Å². The zero-order chi connectivity index (χ0) is 26.2. The van der Waals surface area contributed by atoms with Crippen LogP contribution in [-0.4, -0.2) is 79.0 Å². The number of aryl methyl sites for hydroxylation is 1. The molecule has 0 spiro atoms. The van der Waals surface area contributed by atoms with Crippen molar-refractivity contribution in [3.8, 4) is 5.88 Å². The minimum absolute atomic E-state index is 0.253. The number of nitrogens with zero attached hydrogens (tertiary/aromatic N) is 5. The minimum atomic E-state index is -3.31. The number of carbonyl (C=O) groups is 1. The number of pyridine rings is 1. The molecule has 0 saturated carbocycles. The number of nitrogens with one attached hydrogen (secondary N) is 2. The highest BCUT2D eigenvalue weighted by atomic mass is 32.2. The van der Waals surface area contributed by atoms with E-state index in [1.165, 1.54) is 16.9 Å². The molecule has 198 valence electrons. The molecule has 2 unspecified atom stereocenters. The van der Waals surface area contributed by atoms with Gasteiger partial charge in [-0.25, -0.2) is 27.1 Å². The van der Waals surface area contributed by atoms with Crippen LogP contribution >= 0.6 is 0 Å². The third-order valence-corrected chi connectivity index (χ3v) is 9.96. The van der Waals surface area contributed by atoms with E-state index in [2.05, 4.69) is 25.1 Å².